The highest BCUT2D eigenvalue weighted by Crippen LogP contribution is 2.18. The summed E-state index contributed by atoms with van der Waals surface area (Å²) in [6.07, 6.45) is 1.36. The molecule has 0 aliphatic carbocycles. The Labute approximate surface area is 140 Å². The highest BCUT2D eigenvalue weighted by molar-refractivity contribution is 5.58. The van der Waals surface area contributed by atoms with Crippen molar-refractivity contribution in [1.82, 2.24) is 15.2 Å². The zero-order valence-electron chi connectivity index (χ0n) is 13.8. The molecular weight excluding hydrogens is 300 g/mol. The van der Waals surface area contributed by atoms with E-state index in [1.54, 1.807) is 0 Å². The Morgan fingerprint density at radius 2 is 1.79 bits per heavy atom. The smallest absolute Gasteiger partial charge is 0.274 e. The van der Waals surface area contributed by atoms with Gasteiger partial charge in [-0.2, -0.15) is 0 Å². The van der Waals surface area contributed by atoms with Crippen molar-refractivity contribution >= 4 is 11.6 Å². The SMILES string of the molecule is CCc1ccccc1Nc1nnc(Cc2ccc(C)cc2)c(=O)[nH]1. The minimum atomic E-state index is -0.220. The van der Waals surface area contributed by atoms with Crippen LogP contribution in [-0.2, 0) is 12.8 Å². The number of rotatable bonds is 5. The van der Waals surface area contributed by atoms with Gasteiger partial charge in [0.2, 0.25) is 5.95 Å². The lowest BCUT2D eigenvalue weighted by Crippen LogP contribution is -2.19. The number of aromatic nitrogens is 3. The van der Waals surface area contributed by atoms with Gasteiger partial charge in [-0.05, 0) is 30.5 Å². The third-order valence-corrected chi connectivity index (χ3v) is 3.91. The molecule has 24 heavy (non-hydrogen) atoms. The van der Waals surface area contributed by atoms with Crippen molar-refractivity contribution in [3.8, 4) is 0 Å². The first-order valence-corrected chi connectivity index (χ1v) is 8.02. The molecule has 3 rings (SSSR count). The van der Waals surface area contributed by atoms with Crippen LogP contribution >= 0.6 is 0 Å². The Balaban J connectivity index is 1.79. The van der Waals surface area contributed by atoms with Gasteiger partial charge in [-0.3, -0.25) is 9.78 Å². The normalized spacial score (nSPS) is 10.6. The third kappa shape index (κ3) is 3.68. The van der Waals surface area contributed by atoms with Crippen LogP contribution in [-0.4, -0.2) is 15.2 Å². The van der Waals surface area contributed by atoms with Gasteiger partial charge in [0.05, 0.1) is 0 Å². The molecular formula is C19H20N4O. The van der Waals surface area contributed by atoms with Crippen LogP contribution in [0.4, 0.5) is 11.6 Å². The first kappa shape index (κ1) is 15.9. The molecule has 1 aromatic heterocycles. The van der Waals surface area contributed by atoms with Gasteiger partial charge >= 0.3 is 0 Å². The highest BCUT2D eigenvalue weighted by atomic mass is 16.1. The van der Waals surface area contributed by atoms with Gasteiger partial charge in [0, 0.05) is 12.1 Å². The number of H-pyrrole nitrogens is 1. The summed E-state index contributed by atoms with van der Waals surface area (Å²) in [4.78, 5) is 15.0. The van der Waals surface area contributed by atoms with E-state index in [4.69, 9.17) is 0 Å². The maximum absolute atomic E-state index is 12.3. The van der Waals surface area contributed by atoms with E-state index in [2.05, 4.69) is 27.4 Å². The van der Waals surface area contributed by atoms with Crippen LogP contribution in [0.15, 0.2) is 53.3 Å². The fourth-order valence-electron chi connectivity index (χ4n) is 2.51. The van der Waals surface area contributed by atoms with Gasteiger partial charge in [-0.25, -0.2) is 0 Å². The third-order valence-electron chi connectivity index (χ3n) is 3.91. The molecule has 2 N–H and O–H groups in total. The van der Waals surface area contributed by atoms with Crippen molar-refractivity contribution in [2.75, 3.05) is 5.32 Å². The molecule has 0 aliphatic rings. The number of aromatic amines is 1. The molecule has 5 nitrogen and oxygen atoms in total. The van der Waals surface area contributed by atoms with E-state index >= 15 is 0 Å². The Morgan fingerprint density at radius 1 is 1.04 bits per heavy atom. The number of para-hydroxylation sites is 1. The number of nitrogens with zero attached hydrogens (tertiary/aromatic N) is 2. The van der Waals surface area contributed by atoms with Gasteiger partial charge in [0.15, 0.2) is 0 Å². The van der Waals surface area contributed by atoms with Gasteiger partial charge in [0.25, 0.3) is 5.56 Å². The van der Waals surface area contributed by atoms with Gasteiger partial charge in [-0.15, -0.1) is 10.2 Å². The lowest BCUT2D eigenvalue weighted by atomic mass is 10.1. The first-order valence-electron chi connectivity index (χ1n) is 8.02. The summed E-state index contributed by atoms with van der Waals surface area (Å²) in [5, 5.41) is 11.3. The molecule has 2 aromatic carbocycles. The average molecular weight is 320 g/mol. The Bertz CT molecular complexity index is 884. The van der Waals surface area contributed by atoms with Crippen molar-refractivity contribution < 1.29 is 0 Å². The number of anilines is 2. The van der Waals surface area contributed by atoms with Crippen molar-refractivity contribution in [2.24, 2.45) is 0 Å². The fraction of sp³-hybridized carbons (Fsp3) is 0.211. The lowest BCUT2D eigenvalue weighted by Gasteiger charge is -2.09. The fourth-order valence-corrected chi connectivity index (χ4v) is 2.51. The minimum Gasteiger partial charge on any atom is -0.324 e. The summed E-state index contributed by atoms with van der Waals surface area (Å²) in [6, 6.07) is 16.0. The van der Waals surface area contributed by atoms with E-state index in [0.717, 1.165) is 23.2 Å². The number of aryl methyl sites for hydroxylation is 2. The molecule has 0 bridgehead atoms. The van der Waals surface area contributed by atoms with Crippen LogP contribution in [0.3, 0.4) is 0 Å². The first-order chi connectivity index (χ1) is 11.7. The molecule has 0 unspecified atom stereocenters. The maximum Gasteiger partial charge on any atom is 0.274 e. The quantitative estimate of drug-likeness (QED) is 0.756. The van der Waals surface area contributed by atoms with E-state index < -0.39 is 0 Å². The van der Waals surface area contributed by atoms with Crippen LogP contribution in [0, 0.1) is 6.92 Å². The second kappa shape index (κ2) is 7.08. The molecule has 122 valence electrons. The van der Waals surface area contributed by atoms with Crippen LogP contribution < -0.4 is 10.9 Å². The zero-order chi connectivity index (χ0) is 16.9. The Morgan fingerprint density at radius 3 is 2.50 bits per heavy atom. The summed E-state index contributed by atoms with van der Waals surface area (Å²) >= 11 is 0. The standard InChI is InChI=1S/C19H20N4O/c1-3-15-6-4-5-7-16(15)20-19-21-18(24)17(22-23-19)12-14-10-8-13(2)9-11-14/h4-11H,3,12H2,1-2H3,(H2,20,21,23,24). The van der Waals surface area contributed by atoms with E-state index in [1.165, 1.54) is 5.56 Å². The van der Waals surface area contributed by atoms with E-state index in [1.807, 2.05) is 55.5 Å². The average Bonchev–Trinajstić information content (AvgIpc) is 2.60. The van der Waals surface area contributed by atoms with E-state index in [0.29, 0.717) is 18.1 Å². The minimum absolute atomic E-state index is 0.220. The van der Waals surface area contributed by atoms with Gasteiger partial charge in [-0.1, -0.05) is 55.0 Å². The zero-order valence-corrected chi connectivity index (χ0v) is 13.8. The molecule has 0 fully saturated rings. The van der Waals surface area contributed by atoms with E-state index in [-0.39, 0.29) is 5.56 Å². The molecule has 5 heteroatoms. The second-order valence-electron chi connectivity index (χ2n) is 5.75. The molecule has 0 radical (unpaired) electrons. The summed E-state index contributed by atoms with van der Waals surface area (Å²) in [7, 11) is 0. The number of hydrogen-bond acceptors (Lipinski definition) is 4. The van der Waals surface area contributed by atoms with Crippen molar-refractivity contribution in [1.29, 1.82) is 0 Å². The molecule has 0 amide bonds. The monoisotopic (exact) mass is 320 g/mol. The van der Waals surface area contributed by atoms with Crippen LogP contribution in [0.1, 0.15) is 29.3 Å². The van der Waals surface area contributed by atoms with Gasteiger partial charge in [0.1, 0.15) is 5.69 Å². The summed E-state index contributed by atoms with van der Waals surface area (Å²) in [5.74, 6) is 0.355. The predicted octanol–water partition coefficient (Wildman–Crippen LogP) is 3.37. The lowest BCUT2D eigenvalue weighted by molar-refractivity contribution is 0.873. The molecule has 3 aromatic rings. The van der Waals surface area contributed by atoms with E-state index in [9.17, 15) is 4.79 Å². The van der Waals surface area contributed by atoms with Crippen molar-refractivity contribution in [3.05, 3.63) is 81.3 Å². The molecule has 0 saturated heterocycles. The number of hydrogen-bond donors (Lipinski definition) is 2. The molecule has 0 atom stereocenters. The maximum atomic E-state index is 12.3. The summed E-state index contributed by atoms with van der Waals surface area (Å²) < 4.78 is 0. The predicted molar refractivity (Wildman–Crippen MR) is 95.7 cm³/mol. The largest absolute Gasteiger partial charge is 0.324 e. The second-order valence-corrected chi connectivity index (χ2v) is 5.75. The number of benzene rings is 2. The Kier molecular flexibility index (Phi) is 4.70. The topological polar surface area (TPSA) is 70.7 Å². The van der Waals surface area contributed by atoms with Gasteiger partial charge < -0.3 is 5.32 Å². The molecule has 0 spiro atoms. The summed E-state index contributed by atoms with van der Waals surface area (Å²) in [5.41, 5.74) is 4.50. The molecule has 1 heterocycles. The molecule has 0 saturated carbocycles. The van der Waals surface area contributed by atoms with Crippen molar-refractivity contribution in [2.45, 2.75) is 26.7 Å². The van der Waals surface area contributed by atoms with Crippen LogP contribution in [0.5, 0.6) is 0 Å². The van der Waals surface area contributed by atoms with Crippen LogP contribution in [0.25, 0.3) is 0 Å². The Hall–Kier alpha value is -2.95. The molecule has 0 aliphatic heterocycles. The van der Waals surface area contributed by atoms with Crippen molar-refractivity contribution in [3.63, 3.8) is 0 Å². The number of nitrogens with one attached hydrogen (secondary N) is 2. The highest BCUT2D eigenvalue weighted by Gasteiger charge is 2.07. The van der Waals surface area contributed by atoms with Crippen LogP contribution in [0.2, 0.25) is 0 Å². The summed E-state index contributed by atoms with van der Waals surface area (Å²) in [6.45, 7) is 4.12.